The maximum absolute atomic E-state index is 12.1. The van der Waals surface area contributed by atoms with Gasteiger partial charge in [0.25, 0.3) is 5.91 Å². The van der Waals surface area contributed by atoms with E-state index in [1.54, 1.807) is 12.1 Å². The van der Waals surface area contributed by atoms with Crippen molar-refractivity contribution in [2.45, 2.75) is 27.2 Å². The monoisotopic (exact) mass is 298 g/mol. The Bertz CT molecular complexity index is 623. The molecule has 0 radical (unpaired) electrons. The lowest BCUT2D eigenvalue weighted by atomic mass is 10.1. The van der Waals surface area contributed by atoms with Gasteiger partial charge in [0.1, 0.15) is 5.82 Å². The average Bonchev–Trinajstić information content (AvgIpc) is 2.47. The molecule has 0 atom stereocenters. The van der Waals surface area contributed by atoms with E-state index in [9.17, 15) is 4.79 Å². The molecule has 2 N–H and O–H groups in total. The summed E-state index contributed by atoms with van der Waals surface area (Å²) in [5.74, 6) is 1.07. The van der Waals surface area contributed by atoms with Crippen LogP contribution in [0, 0.1) is 12.8 Å². The first-order chi connectivity index (χ1) is 10.5. The molecule has 0 aliphatic heterocycles. The zero-order chi connectivity index (χ0) is 15.9. The van der Waals surface area contributed by atoms with Crippen LogP contribution in [0.1, 0.15) is 36.3 Å². The van der Waals surface area contributed by atoms with Gasteiger partial charge in [0, 0.05) is 12.2 Å². The highest BCUT2D eigenvalue weighted by molar-refractivity contribution is 6.02. The summed E-state index contributed by atoms with van der Waals surface area (Å²) >= 11 is 0. The van der Waals surface area contributed by atoms with Gasteiger partial charge in [-0.05, 0) is 49.1 Å². The van der Waals surface area contributed by atoms with Crippen LogP contribution in [0.5, 0.6) is 0 Å². The third-order valence-electron chi connectivity index (χ3n) is 3.20. The molecule has 0 unspecified atom stereocenters. The molecule has 2 rings (SSSR count). The number of anilines is 2. The molecule has 0 aliphatic carbocycles. The summed E-state index contributed by atoms with van der Waals surface area (Å²) in [6, 6.07) is 11.1. The lowest BCUT2D eigenvalue weighted by Crippen LogP contribution is -2.15. The summed E-state index contributed by atoms with van der Waals surface area (Å²) in [5.41, 5.74) is 2.15. The summed E-state index contributed by atoms with van der Waals surface area (Å²) in [5, 5.41) is 14.0. The van der Waals surface area contributed by atoms with Crippen molar-refractivity contribution >= 4 is 17.4 Å². The van der Waals surface area contributed by atoms with Gasteiger partial charge in [-0.3, -0.25) is 4.79 Å². The number of amides is 1. The van der Waals surface area contributed by atoms with Crippen LogP contribution in [0.3, 0.4) is 0 Å². The first-order valence-corrected chi connectivity index (χ1v) is 7.50. The highest BCUT2D eigenvalue weighted by Crippen LogP contribution is 2.11. The molecular weight excluding hydrogens is 276 g/mol. The van der Waals surface area contributed by atoms with E-state index in [1.165, 1.54) is 0 Å². The molecule has 5 heteroatoms. The molecule has 116 valence electrons. The Balaban J connectivity index is 1.93. The summed E-state index contributed by atoms with van der Waals surface area (Å²) in [6.45, 7) is 7.17. The van der Waals surface area contributed by atoms with E-state index >= 15 is 0 Å². The first kappa shape index (κ1) is 15.9. The Morgan fingerprint density at radius 2 is 2.00 bits per heavy atom. The largest absolute Gasteiger partial charge is 0.369 e. The van der Waals surface area contributed by atoms with Crippen LogP contribution in [0.4, 0.5) is 11.5 Å². The van der Waals surface area contributed by atoms with Crippen molar-refractivity contribution in [3.8, 4) is 0 Å². The molecule has 1 aromatic heterocycles. The number of carbonyl (C=O) groups is 1. The molecule has 0 bridgehead atoms. The van der Waals surface area contributed by atoms with E-state index in [2.05, 4.69) is 34.7 Å². The molecule has 5 nitrogen and oxygen atoms in total. The number of nitrogens with zero attached hydrogens (tertiary/aromatic N) is 2. The Kier molecular flexibility index (Phi) is 5.47. The van der Waals surface area contributed by atoms with E-state index in [-0.39, 0.29) is 5.91 Å². The van der Waals surface area contributed by atoms with Crippen LogP contribution in [0.25, 0.3) is 0 Å². The average molecular weight is 298 g/mol. The van der Waals surface area contributed by atoms with Gasteiger partial charge < -0.3 is 10.6 Å². The van der Waals surface area contributed by atoms with Gasteiger partial charge in [0.2, 0.25) is 0 Å². The fourth-order valence-electron chi connectivity index (χ4n) is 1.95. The van der Waals surface area contributed by atoms with Crippen LogP contribution in [0.15, 0.2) is 36.4 Å². The molecule has 0 saturated heterocycles. The van der Waals surface area contributed by atoms with Gasteiger partial charge in [-0.1, -0.05) is 26.0 Å². The molecule has 0 fully saturated rings. The number of hydrogen-bond donors (Lipinski definition) is 2. The van der Waals surface area contributed by atoms with Crippen molar-refractivity contribution in [1.29, 1.82) is 0 Å². The summed E-state index contributed by atoms with van der Waals surface area (Å²) in [6.07, 6.45) is 1.07. The number of nitrogens with one attached hydrogen (secondary N) is 2. The predicted molar refractivity (Wildman–Crippen MR) is 89.1 cm³/mol. The van der Waals surface area contributed by atoms with Gasteiger partial charge in [-0.15, -0.1) is 10.2 Å². The van der Waals surface area contributed by atoms with Crippen molar-refractivity contribution in [1.82, 2.24) is 10.2 Å². The Labute approximate surface area is 131 Å². The smallest absolute Gasteiger partial charge is 0.276 e. The minimum Gasteiger partial charge on any atom is -0.369 e. The maximum Gasteiger partial charge on any atom is 0.276 e. The van der Waals surface area contributed by atoms with Crippen LogP contribution in [0.2, 0.25) is 0 Å². The highest BCUT2D eigenvalue weighted by atomic mass is 16.1. The van der Waals surface area contributed by atoms with Gasteiger partial charge >= 0.3 is 0 Å². The molecule has 22 heavy (non-hydrogen) atoms. The van der Waals surface area contributed by atoms with Crippen molar-refractivity contribution in [3.05, 3.63) is 47.7 Å². The lowest BCUT2D eigenvalue weighted by Gasteiger charge is -2.08. The topological polar surface area (TPSA) is 66.9 Å². The SMILES string of the molecule is Cc1cccc(NC(=O)c2ccc(NCCC(C)C)nn2)c1. The Morgan fingerprint density at radius 3 is 2.64 bits per heavy atom. The number of aryl methyl sites for hydroxylation is 1. The lowest BCUT2D eigenvalue weighted by molar-refractivity contribution is 0.102. The molecule has 1 aromatic carbocycles. The molecule has 1 amide bonds. The third-order valence-corrected chi connectivity index (χ3v) is 3.20. The van der Waals surface area contributed by atoms with E-state index in [0.717, 1.165) is 24.2 Å². The van der Waals surface area contributed by atoms with Gasteiger partial charge in [0.15, 0.2) is 5.69 Å². The van der Waals surface area contributed by atoms with E-state index < -0.39 is 0 Å². The molecule has 0 spiro atoms. The summed E-state index contributed by atoms with van der Waals surface area (Å²) in [7, 11) is 0. The number of rotatable bonds is 6. The minimum atomic E-state index is -0.258. The standard InChI is InChI=1S/C17H22N4O/c1-12(2)9-10-18-16-8-7-15(20-21-16)17(22)19-14-6-4-5-13(3)11-14/h4-8,11-12H,9-10H2,1-3H3,(H,18,21)(H,19,22). The second kappa shape index (κ2) is 7.54. The Hall–Kier alpha value is -2.43. The molecule has 0 aliphatic rings. The van der Waals surface area contributed by atoms with E-state index in [1.807, 2.05) is 31.2 Å². The van der Waals surface area contributed by atoms with Crippen LogP contribution in [-0.2, 0) is 0 Å². The van der Waals surface area contributed by atoms with Crippen molar-refractivity contribution in [3.63, 3.8) is 0 Å². The van der Waals surface area contributed by atoms with Crippen LogP contribution < -0.4 is 10.6 Å². The van der Waals surface area contributed by atoms with Gasteiger partial charge in [0.05, 0.1) is 0 Å². The fourth-order valence-corrected chi connectivity index (χ4v) is 1.95. The quantitative estimate of drug-likeness (QED) is 0.856. The van der Waals surface area contributed by atoms with Crippen molar-refractivity contribution in [2.75, 3.05) is 17.2 Å². The number of hydrogen-bond acceptors (Lipinski definition) is 4. The summed E-state index contributed by atoms with van der Waals surface area (Å²) < 4.78 is 0. The number of benzene rings is 1. The second-order valence-electron chi connectivity index (χ2n) is 5.74. The van der Waals surface area contributed by atoms with E-state index in [0.29, 0.717) is 17.4 Å². The fraction of sp³-hybridized carbons (Fsp3) is 0.353. The maximum atomic E-state index is 12.1. The Morgan fingerprint density at radius 1 is 1.18 bits per heavy atom. The molecule has 0 saturated carbocycles. The van der Waals surface area contributed by atoms with Crippen molar-refractivity contribution < 1.29 is 4.79 Å². The second-order valence-corrected chi connectivity index (χ2v) is 5.74. The number of aromatic nitrogens is 2. The minimum absolute atomic E-state index is 0.258. The molecular formula is C17H22N4O. The van der Waals surface area contributed by atoms with Gasteiger partial charge in [-0.2, -0.15) is 0 Å². The van der Waals surface area contributed by atoms with Gasteiger partial charge in [-0.25, -0.2) is 0 Å². The molecule has 1 heterocycles. The first-order valence-electron chi connectivity index (χ1n) is 7.50. The number of carbonyl (C=O) groups excluding carboxylic acids is 1. The van der Waals surface area contributed by atoms with E-state index in [4.69, 9.17) is 0 Å². The molecule has 2 aromatic rings. The van der Waals surface area contributed by atoms with Crippen LogP contribution in [-0.4, -0.2) is 22.6 Å². The zero-order valence-corrected chi connectivity index (χ0v) is 13.3. The third kappa shape index (κ3) is 4.84. The predicted octanol–water partition coefficient (Wildman–Crippen LogP) is 3.50. The normalized spacial score (nSPS) is 10.5. The highest BCUT2D eigenvalue weighted by Gasteiger charge is 2.08. The van der Waals surface area contributed by atoms with Crippen molar-refractivity contribution in [2.24, 2.45) is 5.92 Å². The summed E-state index contributed by atoms with van der Waals surface area (Å²) in [4.78, 5) is 12.1. The van der Waals surface area contributed by atoms with Crippen LogP contribution >= 0.6 is 0 Å². The zero-order valence-electron chi connectivity index (χ0n) is 13.3.